The number of rotatable bonds is 4. The SMILES string of the molecule is O=C(NC(=S)Nc1nc2c(Cl)c(Cl)ccc2s1)c1ccc(N2CCCC2)c([N+](=O)[O-])c1. The summed E-state index contributed by atoms with van der Waals surface area (Å²) in [4.78, 5) is 30.0. The van der Waals surface area contributed by atoms with Crippen molar-refractivity contribution in [2.45, 2.75) is 12.8 Å². The van der Waals surface area contributed by atoms with Crippen LogP contribution in [-0.2, 0) is 0 Å². The molecular weight excluding hydrogens is 481 g/mol. The number of fused-ring (bicyclic) bond motifs is 1. The van der Waals surface area contributed by atoms with Crippen molar-refractivity contribution in [3.8, 4) is 0 Å². The first kappa shape index (κ1) is 21.7. The van der Waals surface area contributed by atoms with Crippen LogP contribution in [0.1, 0.15) is 23.2 Å². The quantitative estimate of drug-likeness (QED) is 0.290. The van der Waals surface area contributed by atoms with Gasteiger partial charge in [0.25, 0.3) is 11.6 Å². The second kappa shape index (κ2) is 8.91. The Kier molecular flexibility index (Phi) is 6.24. The third kappa shape index (κ3) is 4.57. The lowest BCUT2D eigenvalue weighted by atomic mass is 10.1. The van der Waals surface area contributed by atoms with E-state index in [4.69, 9.17) is 35.4 Å². The molecular formula is C19H15Cl2N5O3S2. The van der Waals surface area contributed by atoms with E-state index >= 15 is 0 Å². The molecule has 0 aliphatic carbocycles. The molecule has 0 saturated carbocycles. The summed E-state index contributed by atoms with van der Waals surface area (Å²) >= 11 is 18.7. The maximum atomic E-state index is 12.6. The average molecular weight is 496 g/mol. The fourth-order valence-corrected chi connectivity index (χ4v) is 4.88. The third-order valence-electron chi connectivity index (χ3n) is 4.78. The smallest absolute Gasteiger partial charge is 0.293 e. The van der Waals surface area contributed by atoms with Crippen LogP contribution in [0, 0.1) is 10.1 Å². The second-order valence-electron chi connectivity index (χ2n) is 6.79. The summed E-state index contributed by atoms with van der Waals surface area (Å²) < 4.78 is 0.805. The summed E-state index contributed by atoms with van der Waals surface area (Å²) in [5.74, 6) is -0.559. The summed E-state index contributed by atoms with van der Waals surface area (Å²) in [6.45, 7) is 1.52. The van der Waals surface area contributed by atoms with E-state index in [1.54, 1.807) is 24.3 Å². The van der Waals surface area contributed by atoms with Gasteiger partial charge in [-0.2, -0.15) is 0 Å². The number of anilines is 2. The van der Waals surface area contributed by atoms with E-state index in [-0.39, 0.29) is 16.4 Å². The van der Waals surface area contributed by atoms with Crippen molar-refractivity contribution in [3.63, 3.8) is 0 Å². The number of carbonyl (C=O) groups is 1. The summed E-state index contributed by atoms with van der Waals surface area (Å²) in [7, 11) is 0. The highest BCUT2D eigenvalue weighted by atomic mass is 35.5. The molecule has 4 rings (SSSR count). The predicted molar refractivity (Wildman–Crippen MR) is 128 cm³/mol. The highest BCUT2D eigenvalue weighted by Gasteiger charge is 2.24. The first-order valence-electron chi connectivity index (χ1n) is 9.24. The molecule has 0 spiro atoms. The van der Waals surface area contributed by atoms with Crippen LogP contribution in [0.25, 0.3) is 10.2 Å². The topological polar surface area (TPSA) is 100 Å². The van der Waals surface area contributed by atoms with Crippen molar-refractivity contribution in [1.82, 2.24) is 10.3 Å². The van der Waals surface area contributed by atoms with Crippen molar-refractivity contribution in [3.05, 3.63) is 56.1 Å². The van der Waals surface area contributed by atoms with E-state index in [1.807, 2.05) is 4.90 Å². The molecule has 2 aromatic carbocycles. The van der Waals surface area contributed by atoms with Gasteiger partial charge in [0, 0.05) is 24.7 Å². The van der Waals surface area contributed by atoms with Crippen LogP contribution in [0.2, 0.25) is 10.0 Å². The number of hydrogen-bond donors (Lipinski definition) is 2. The molecule has 1 aliphatic heterocycles. The van der Waals surface area contributed by atoms with Crippen LogP contribution in [0.4, 0.5) is 16.5 Å². The number of nitro groups is 1. The number of nitro benzene ring substituents is 1. The van der Waals surface area contributed by atoms with Crippen LogP contribution in [0.3, 0.4) is 0 Å². The molecule has 1 saturated heterocycles. The summed E-state index contributed by atoms with van der Waals surface area (Å²) in [5, 5.41) is 18.1. The molecule has 12 heteroatoms. The number of nitrogens with zero attached hydrogens (tertiary/aromatic N) is 3. The maximum absolute atomic E-state index is 12.6. The van der Waals surface area contributed by atoms with Gasteiger partial charge in [0.1, 0.15) is 11.2 Å². The summed E-state index contributed by atoms with van der Waals surface area (Å²) in [6.07, 6.45) is 1.98. The van der Waals surface area contributed by atoms with E-state index in [9.17, 15) is 14.9 Å². The number of amides is 1. The number of nitrogens with one attached hydrogen (secondary N) is 2. The zero-order valence-electron chi connectivity index (χ0n) is 15.9. The Hall–Kier alpha value is -2.53. The van der Waals surface area contributed by atoms with Gasteiger partial charge in [-0.1, -0.05) is 34.5 Å². The molecule has 1 amide bonds. The molecule has 0 unspecified atom stereocenters. The van der Waals surface area contributed by atoms with Gasteiger partial charge in [0.15, 0.2) is 10.2 Å². The minimum absolute atomic E-state index is 0.0116. The lowest BCUT2D eigenvalue weighted by Crippen LogP contribution is -2.34. The maximum Gasteiger partial charge on any atom is 0.293 e. The van der Waals surface area contributed by atoms with E-state index in [0.717, 1.165) is 30.6 Å². The molecule has 2 heterocycles. The van der Waals surface area contributed by atoms with Gasteiger partial charge in [-0.05, 0) is 49.3 Å². The molecule has 0 atom stereocenters. The Bertz CT molecular complexity index is 1210. The van der Waals surface area contributed by atoms with E-state index in [0.29, 0.717) is 26.4 Å². The highest BCUT2D eigenvalue weighted by Crippen LogP contribution is 2.35. The molecule has 0 bridgehead atoms. The average Bonchev–Trinajstić information content (AvgIpc) is 3.40. The molecule has 1 aromatic heterocycles. The third-order valence-corrected chi connectivity index (χ3v) is 6.72. The standard InChI is InChI=1S/C19H15Cl2N5O3S2/c20-11-4-6-14-16(15(11)21)22-19(31-14)24-18(30)23-17(27)10-3-5-12(13(9-10)26(28)29)25-7-1-2-8-25/h3-6,9H,1-2,7-8H2,(H2,22,23,24,27,30). The number of hydrogen-bond acceptors (Lipinski definition) is 7. The molecule has 2 N–H and O–H groups in total. The van der Waals surface area contributed by atoms with Gasteiger partial charge in [0.2, 0.25) is 0 Å². The van der Waals surface area contributed by atoms with E-state index < -0.39 is 10.8 Å². The number of benzene rings is 2. The number of halogens is 2. The molecule has 31 heavy (non-hydrogen) atoms. The van der Waals surface area contributed by atoms with Gasteiger partial charge in [-0.25, -0.2) is 4.98 Å². The Balaban J connectivity index is 1.48. The molecule has 0 radical (unpaired) electrons. The van der Waals surface area contributed by atoms with Gasteiger partial charge < -0.3 is 10.2 Å². The van der Waals surface area contributed by atoms with Crippen molar-refractivity contribution in [2.24, 2.45) is 0 Å². The second-order valence-corrected chi connectivity index (χ2v) is 9.01. The molecule has 1 aliphatic rings. The molecule has 8 nitrogen and oxygen atoms in total. The monoisotopic (exact) mass is 495 g/mol. The van der Waals surface area contributed by atoms with Crippen molar-refractivity contribution >= 4 is 84.5 Å². The normalized spacial score (nSPS) is 13.4. The van der Waals surface area contributed by atoms with Crippen LogP contribution in [-0.4, -0.2) is 34.0 Å². The fourth-order valence-electron chi connectivity index (χ4n) is 3.33. The van der Waals surface area contributed by atoms with Gasteiger partial charge in [0.05, 0.1) is 19.7 Å². The van der Waals surface area contributed by atoms with Crippen molar-refractivity contribution in [1.29, 1.82) is 0 Å². The molecule has 3 aromatic rings. The van der Waals surface area contributed by atoms with Crippen molar-refractivity contribution in [2.75, 3.05) is 23.3 Å². The van der Waals surface area contributed by atoms with Crippen LogP contribution in [0.15, 0.2) is 30.3 Å². The van der Waals surface area contributed by atoms with Gasteiger partial charge >= 0.3 is 0 Å². The predicted octanol–water partition coefficient (Wildman–Crippen LogP) is 5.24. The van der Waals surface area contributed by atoms with E-state index in [2.05, 4.69) is 15.6 Å². The zero-order chi connectivity index (χ0) is 22.1. The molecule has 160 valence electrons. The Morgan fingerprint density at radius 1 is 1.23 bits per heavy atom. The minimum Gasteiger partial charge on any atom is -0.366 e. The summed E-state index contributed by atoms with van der Waals surface area (Å²) in [5.41, 5.74) is 1.08. The minimum atomic E-state index is -0.559. The lowest BCUT2D eigenvalue weighted by molar-refractivity contribution is -0.384. The molecule has 1 fully saturated rings. The zero-order valence-corrected chi connectivity index (χ0v) is 19.0. The van der Waals surface area contributed by atoms with Crippen LogP contribution in [0.5, 0.6) is 0 Å². The number of carbonyl (C=O) groups excluding carboxylic acids is 1. The van der Waals surface area contributed by atoms with Crippen LogP contribution < -0.4 is 15.5 Å². The van der Waals surface area contributed by atoms with Gasteiger partial charge in [-0.3, -0.25) is 20.2 Å². The number of aromatic nitrogens is 1. The van der Waals surface area contributed by atoms with Gasteiger partial charge in [-0.15, -0.1) is 0 Å². The summed E-state index contributed by atoms with van der Waals surface area (Å²) in [6, 6.07) is 7.89. The lowest BCUT2D eigenvalue weighted by Gasteiger charge is -2.17. The first-order valence-corrected chi connectivity index (χ1v) is 11.2. The first-order chi connectivity index (χ1) is 14.8. The Morgan fingerprint density at radius 3 is 2.68 bits per heavy atom. The number of thiazole rings is 1. The largest absolute Gasteiger partial charge is 0.366 e. The Morgan fingerprint density at radius 2 is 1.97 bits per heavy atom. The van der Waals surface area contributed by atoms with Crippen molar-refractivity contribution < 1.29 is 9.72 Å². The number of thiocarbonyl (C=S) groups is 1. The fraction of sp³-hybridized carbons (Fsp3) is 0.211. The van der Waals surface area contributed by atoms with Crippen LogP contribution >= 0.6 is 46.8 Å². The Labute approximate surface area is 196 Å². The highest BCUT2D eigenvalue weighted by molar-refractivity contribution is 7.80. The van der Waals surface area contributed by atoms with E-state index in [1.165, 1.54) is 17.4 Å².